The number of halogens is 1. The Labute approximate surface area is 153 Å². The highest BCUT2D eigenvalue weighted by Gasteiger charge is 2.23. The van der Waals surface area contributed by atoms with Gasteiger partial charge in [0.15, 0.2) is 0 Å². The monoisotopic (exact) mass is 372 g/mol. The predicted molar refractivity (Wildman–Crippen MR) is 99.3 cm³/mol. The second-order valence-corrected chi connectivity index (χ2v) is 6.90. The Morgan fingerprint density at radius 3 is 3.00 bits per heavy atom. The molecule has 0 unspecified atom stereocenters. The van der Waals surface area contributed by atoms with Gasteiger partial charge in [0.1, 0.15) is 5.58 Å². The fourth-order valence-electron chi connectivity index (χ4n) is 3.31. The van der Waals surface area contributed by atoms with E-state index in [0.717, 1.165) is 5.56 Å². The van der Waals surface area contributed by atoms with Crippen molar-refractivity contribution in [1.29, 1.82) is 0 Å². The zero-order chi connectivity index (χ0) is 18.4. The molecule has 0 spiro atoms. The van der Waals surface area contributed by atoms with Crippen molar-refractivity contribution in [3.63, 3.8) is 0 Å². The molecule has 1 aliphatic heterocycles. The highest BCUT2D eigenvalue weighted by atomic mass is 35.5. The minimum absolute atomic E-state index is 0.121. The molecule has 0 fully saturated rings. The van der Waals surface area contributed by atoms with E-state index in [1.165, 1.54) is 0 Å². The van der Waals surface area contributed by atoms with Gasteiger partial charge in [0.25, 0.3) is 5.56 Å². The number of fused-ring (bicyclic) bond motifs is 2. The van der Waals surface area contributed by atoms with Crippen LogP contribution in [0.5, 0.6) is 0 Å². The van der Waals surface area contributed by atoms with Crippen LogP contribution in [0, 0.1) is 6.92 Å². The minimum atomic E-state index is -0.457. The van der Waals surface area contributed by atoms with Crippen molar-refractivity contribution >= 4 is 28.5 Å². The molecule has 3 aromatic rings. The lowest BCUT2D eigenvalue weighted by atomic mass is 10.1. The number of H-pyrrole nitrogens is 1. The van der Waals surface area contributed by atoms with E-state index < -0.39 is 5.63 Å². The van der Waals surface area contributed by atoms with Gasteiger partial charge in [0.2, 0.25) is 5.95 Å². The number of rotatable bonds is 2. The number of nitrogens with two attached hydrogens (primary N) is 1. The molecule has 0 aliphatic carbocycles. The highest BCUT2D eigenvalue weighted by Crippen LogP contribution is 2.27. The average molecular weight is 373 g/mol. The molecule has 2 aromatic heterocycles. The summed E-state index contributed by atoms with van der Waals surface area (Å²) in [6.45, 7) is 3.27. The minimum Gasteiger partial charge on any atom is -0.422 e. The molecule has 0 saturated heterocycles. The van der Waals surface area contributed by atoms with Gasteiger partial charge >= 0.3 is 5.63 Å². The predicted octanol–water partition coefficient (Wildman–Crippen LogP) is 1.98. The summed E-state index contributed by atoms with van der Waals surface area (Å²) >= 11 is 6.51. The molecule has 0 atom stereocenters. The fourth-order valence-corrected chi connectivity index (χ4v) is 3.60. The second-order valence-electron chi connectivity index (χ2n) is 6.52. The van der Waals surface area contributed by atoms with Crippen molar-refractivity contribution < 1.29 is 4.42 Å². The Bertz CT molecular complexity index is 1140. The van der Waals surface area contributed by atoms with E-state index in [1.54, 1.807) is 6.07 Å². The average Bonchev–Trinajstić information content (AvgIpc) is 2.60. The standard InChI is InChI=1S/C18H17ClN4O3/c1-9-2-3-14-10(6-9)15(19)12(17(25)26-14)8-23-5-4-13-11(7-23)16(24)22-18(20)21-13/h2-3,6H,4-5,7-8H2,1H3,(H3,20,21,22,24). The molecule has 0 radical (unpaired) electrons. The molecule has 3 N–H and O–H groups in total. The number of nitrogens with zero attached hydrogens (tertiary/aromatic N) is 2. The fraction of sp³-hybridized carbons (Fsp3) is 0.278. The molecule has 0 saturated carbocycles. The van der Waals surface area contributed by atoms with Crippen LogP contribution in [0.15, 0.2) is 32.2 Å². The zero-order valence-corrected chi connectivity index (χ0v) is 14.9. The summed E-state index contributed by atoms with van der Waals surface area (Å²) in [5.74, 6) is 0.121. The summed E-state index contributed by atoms with van der Waals surface area (Å²) in [4.78, 5) is 33.2. The number of hydrogen-bond acceptors (Lipinski definition) is 6. The molecule has 7 nitrogen and oxygen atoms in total. The summed E-state index contributed by atoms with van der Waals surface area (Å²) < 4.78 is 5.42. The number of benzene rings is 1. The first kappa shape index (κ1) is 16.8. The van der Waals surface area contributed by atoms with Gasteiger partial charge < -0.3 is 10.2 Å². The van der Waals surface area contributed by atoms with Gasteiger partial charge in [0.05, 0.1) is 21.8 Å². The third-order valence-electron chi connectivity index (χ3n) is 4.63. The van der Waals surface area contributed by atoms with Gasteiger partial charge in [-0.25, -0.2) is 9.78 Å². The molecular weight excluding hydrogens is 356 g/mol. The summed E-state index contributed by atoms with van der Waals surface area (Å²) in [5, 5.41) is 1.11. The maximum Gasteiger partial charge on any atom is 0.342 e. The third kappa shape index (κ3) is 2.89. The smallest absolute Gasteiger partial charge is 0.342 e. The van der Waals surface area contributed by atoms with Crippen molar-refractivity contribution in [2.24, 2.45) is 0 Å². The van der Waals surface area contributed by atoms with Gasteiger partial charge in [-0.05, 0) is 19.1 Å². The van der Waals surface area contributed by atoms with Crippen LogP contribution in [-0.4, -0.2) is 21.4 Å². The van der Waals surface area contributed by atoms with E-state index in [-0.39, 0.29) is 11.5 Å². The number of nitrogen functional groups attached to an aromatic ring is 1. The van der Waals surface area contributed by atoms with E-state index in [2.05, 4.69) is 9.97 Å². The van der Waals surface area contributed by atoms with Crippen molar-refractivity contribution in [3.05, 3.63) is 66.4 Å². The molecular formula is C18H17ClN4O3. The Morgan fingerprint density at radius 1 is 1.38 bits per heavy atom. The summed E-state index contributed by atoms with van der Waals surface area (Å²) in [7, 11) is 0. The zero-order valence-electron chi connectivity index (χ0n) is 14.1. The molecule has 8 heteroatoms. The molecule has 1 aliphatic rings. The first-order valence-corrected chi connectivity index (χ1v) is 8.62. The van der Waals surface area contributed by atoms with Crippen LogP contribution >= 0.6 is 11.6 Å². The quantitative estimate of drug-likeness (QED) is 0.666. The molecule has 26 heavy (non-hydrogen) atoms. The van der Waals surface area contributed by atoms with E-state index in [1.807, 2.05) is 24.0 Å². The Hall–Kier alpha value is -2.64. The van der Waals surface area contributed by atoms with Gasteiger partial charge in [-0.2, -0.15) is 0 Å². The molecule has 1 aromatic carbocycles. The second kappa shape index (κ2) is 6.26. The number of aromatic amines is 1. The van der Waals surface area contributed by atoms with E-state index >= 15 is 0 Å². The Morgan fingerprint density at radius 2 is 2.19 bits per heavy atom. The van der Waals surface area contributed by atoms with Crippen LogP contribution in [0.3, 0.4) is 0 Å². The lowest BCUT2D eigenvalue weighted by molar-refractivity contribution is 0.239. The number of aromatic nitrogens is 2. The number of nitrogens with one attached hydrogen (secondary N) is 1. The largest absolute Gasteiger partial charge is 0.422 e. The van der Waals surface area contributed by atoms with Crippen LogP contribution < -0.4 is 16.9 Å². The lowest BCUT2D eigenvalue weighted by Gasteiger charge is -2.27. The topological polar surface area (TPSA) is 105 Å². The summed E-state index contributed by atoms with van der Waals surface area (Å²) in [6, 6.07) is 5.51. The van der Waals surface area contributed by atoms with E-state index in [9.17, 15) is 9.59 Å². The van der Waals surface area contributed by atoms with Crippen LogP contribution in [0.25, 0.3) is 11.0 Å². The van der Waals surface area contributed by atoms with Gasteiger partial charge in [-0.3, -0.25) is 14.7 Å². The lowest BCUT2D eigenvalue weighted by Crippen LogP contribution is -2.36. The first-order valence-electron chi connectivity index (χ1n) is 8.24. The Kier molecular flexibility index (Phi) is 4.05. The van der Waals surface area contributed by atoms with Crippen LogP contribution in [0.1, 0.15) is 22.4 Å². The van der Waals surface area contributed by atoms with Crippen molar-refractivity contribution in [3.8, 4) is 0 Å². The third-order valence-corrected chi connectivity index (χ3v) is 5.06. The van der Waals surface area contributed by atoms with Gasteiger partial charge in [-0.1, -0.05) is 23.2 Å². The van der Waals surface area contributed by atoms with E-state index in [4.69, 9.17) is 21.8 Å². The van der Waals surface area contributed by atoms with Gasteiger partial charge in [-0.15, -0.1) is 0 Å². The summed E-state index contributed by atoms with van der Waals surface area (Å²) in [5.41, 5.74) is 8.06. The maximum absolute atomic E-state index is 12.4. The van der Waals surface area contributed by atoms with Crippen LogP contribution in [0.2, 0.25) is 5.02 Å². The molecule has 3 heterocycles. The molecule has 134 valence electrons. The van der Waals surface area contributed by atoms with Crippen molar-refractivity contribution in [1.82, 2.24) is 14.9 Å². The number of anilines is 1. The molecule has 0 bridgehead atoms. The first-order chi connectivity index (χ1) is 12.4. The Balaban J connectivity index is 1.70. The van der Waals surface area contributed by atoms with Crippen LogP contribution in [-0.2, 0) is 19.5 Å². The molecule has 0 amide bonds. The SMILES string of the molecule is Cc1ccc2oc(=O)c(CN3CCc4nc(N)[nH]c(=O)c4C3)c(Cl)c2c1. The van der Waals surface area contributed by atoms with Crippen molar-refractivity contribution in [2.75, 3.05) is 12.3 Å². The van der Waals surface area contributed by atoms with E-state index in [0.29, 0.717) is 58.9 Å². The highest BCUT2D eigenvalue weighted by molar-refractivity contribution is 6.36. The number of aryl methyl sites for hydroxylation is 1. The summed E-state index contributed by atoms with van der Waals surface area (Å²) in [6.07, 6.45) is 0.582. The van der Waals surface area contributed by atoms with Crippen LogP contribution in [0.4, 0.5) is 5.95 Å². The van der Waals surface area contributed by atoms with Crippen molar-refractivity contribution in [2.45, 2.75) is 26.4 Å². The normalized spacial score (nSPS) is 14.5. The van der Waals surface area contributed by atoms with Gasteiger partial charge in [0, 0.05) is 31.4 Å². The maximum atomic E-state index is 12.4. The number of hydrogen-bond donors (Lipinski definition) is 2. The molecule has 4 rings (SSSR count).